The summed E-state index contributed by atoms with van der Waals surface area (Å²) in [5, 5.41) is 21.4. The molecule has 1 amide bonds. The van der Waals surface area contributed by atoms with Crippen LogP contribution in [0.5, 0.6) is 5.75 Å². The maximum absolute atomic E-state index is 12.6. The number of nitrogens with one attached hydrogen (secondary N) is 1. The normalized spacial score (nSPS) is 11.9. The standard InChI is InChI=1S/C26H20Br2N2O4/c1-16(19-5-3-2-4-6-19)30-25(31)21(14-29)11-18-12-22(27)24(23(28)13-18)34-15-17-7-9-20(10-8-17)26(32)33/h2-13,16H,15H2,1H3,(H,30,31)(H,32,33)/b21-11-/t16-/m0/s1. The number of benzene rings is 3. The van der Waals surface area contributed by atoms with Gasteiger partial charge in [0.05, 0.1) is 20.6 Å². The van der Waals surface area contributed by atoms with Gasteiger partial charge >= 0.3 is 5.97 Å². The highest BCUT2D eigenvalue weighted by Crippen LogP contribution is 2.36. The van der Waals surface area contributed by atoms with E-state index in [1.807, 2.05) is 43.3 Å². The lowest BCUT2D eigenvalue weighted by atomic mass is 10.1. The number of carbonyl (C=O) groups excluding carboxylic acids is 1. The van der Waals surface area contributed by atoms with Crippen LogP contribution in [0.1, 0.15) is 40.0 Å². The van der Waals surface area contributed by atoms with E-state index in [2.05, 4.69) is 37.2 Å². The molecular formula is C26H20Br2N2O4. The Bertz CT molecular complexity index is 1240. The summed E-state index contributed by atoms with van der Waals surface area (Å²) in [6.07, 6.45) is 1.51. The summed E-state index contributed by atoms with van der Waals surface area (Å²) in [7, 11) is 0. The van der Waals surface area contributed by atoms with Crippen molar-refractivity contribution < 1.29 is 19.4 Å². The van der Waals surface area contributed by atoms with Crippen molar-refractivity contribution >= 4 is 49.8 Å². The molecule has 0 spiro atoms. The van der Waals surface area contributed by atoms with Gasteiger partial charge in [-0.1, -0.05) is 42.5 Å². The van der Waals surface area contributed by atoms with Crippen molar-refractivity contribution in [2.24, 2.45) is 0 Å². The molecule has 6 nitrogen and oxygen atoms in total. The van der Waals surface area contributed by atoms with Crippen molar-refractivity contribution in [1.29, 1.82) is 5.26 Å². The summed E-state index contributed by atoms with van der Waals surface area (Å²) in [5.41, 5.74) is 2.57. The van der Waals surface area contributed by atoms with Gasteiger partial charge in [-0.2, -0.15) is 5.26 Å². The average Bonchev–Trinajstić information content (AvgIpc) is 2.82. The van der Waals surface area contributed by atoms with E-state index in [1.165, 1.54) is 18.2 Å². The van der Waals surface area contributed by atoms with E-state index in [0.29, 0.717) is 20.3 Å². The summed E-state index contributed by atoms with van der Waals surface area (Å²) in [6.45, 7) is 2.09. The first-order valence-electron chi connectivity index (χ1n) is 10.2. The Morgan fingerprint density at radius 1 is 1.09 bits per heavy atom. The Morgan fingerprint density at radius 2 is 1.71 bits per heavy atom. The van der Waals surface area contributed by atoms with Gasteiger partial charge in [-0.15, -0.1) is 0 Å². The average molecular weight is 584 g/mol. The van der Waals surface area contributed by atoms with Crippen molar-refractivity contribution in [2.75, 3.05) is 0 Å². The third-order valence-corrected chi connectivity index (χ3v) is 6.11. The number of ether oxygens (including phenoxy) is 1. The summed E-state index contributed by atoms with van der Waals surface area (Å²) in [5.74, 6) is -0.905. The number of aromatic carboxylic acids is 1. The second-order valence-corrected chi connectivity index (χ2v) is 9.09. The number of nitrogens with zero attached hydrogens (tertiary/aromatic N) is 1. The van der Waals surface area contributed by atoms with E-state index in [-0.39, 0.29) is 23.8 Å². The Morgan fingerprint density at radius 3 is 2.26 bits per heavy atom. The minimum Gasteiger partial charge on any atom is -0.487 e. The van der Waals surface area contributed by atoms with Crippen molar-refractivity contribution in [3.8, 4) is 11.8 Å². The molecule has 1 atom stereocenters. The molecule has 0 radical (unpaired) electrons. The molecule has 8 heteroatoms. The summed E-state index contributed by atoms with van der Waals surface area (Å²) in [6, 6.07) is 21.1. The number of hydrogen-bond acceptors (Lipinski definition) is 4. The highest BCUT2D eigenvalue weighted by molar-refractivity contribution is 9.11. The Labute approximate surface area is 214 Å². The summed E-state index contributed by atoms with van der Waals surface area (Å²) < 4.78 is 7.14. The van der Waals surface area contributed by atoms with Crippen molar-refractivity contribution in [3.63, 3.8) is 0 Å². The highest BCUT2D eigenvalue weighted by Gasteiger charge is 2.15. The molecular weight excluding hydrogens is 564 g/mol. The smallest absolute Gasteiger partial charge is 0.335 e. The Hall–Kier alpha value is -3.41. The van der Waals surface area contributed by atoms with Gasteiger partial charge in [-0.3, -0.25) is 4.79 Å². The molecule has 0 aromatic heterocycles. The molecule has 2 N–H and O–H groups in total. The quantitative estimate of drug-likeness (QED) is 0.240. The lowest BCUT2D eigenvalue weighted by Gasteiger charge is -2.14. The third kappa shape index (κ3) is 6.56. The first-order chi connectivity index (χ1) is 16.3. The van der Waals surface area contributed by atoms with Gasteiger partial charge in [0.25, 0.3) is 5.91 Å². The number of carbonyl (C=O) groups is 2. The molecule has 3 aromatic carbocycles. The number of rotatable bonds is 8. The zero-order chi connectivity index (χ0) is 24.7. The van der Waals surface area contributed by atoms with Crippen molar-refractivity contribution in [3.05, 3.63) is 104 Å². The van der Waals surface area contributed by atoms with E-state index in [0.717, 1.165) is 11.1 Å². The highest BCUT2D eigenvalue weighted by atomic mass is 79.9. The molecule has 34 heavy (non-hydrogen) atoms. The third-order valence-electron chi connectivity index (χ3n) is 4.93. The van der Waals surface area contributed by atoms with Gasteiger partial charge in [-0.05, 0) is 85.8 Å². The van der Waals surface area contributed by atoms with Crippen LogP contribution in [0.15, 0.2) is 81.2 Å². The second-order valence-electron chi connectivity index (χ2n) is 7.38. The number of amides is 1. The molecule has 0 aliphatic rings. The topological polar surface area (TPSA) is 99.4 Å². The molecule has 0 aliphatic heterocycles. The van der Waals surface area contributed by atoms with Gasteiger partial charge in [0.1, 0.15) is 24.0 Å². The van der Waals surface area contributed by atoms with Gasteiger partial charge in [0, 0.05) is 0 Å². The monoisotopic (exact) mass is 582 g/mol. The molecule has 0 fully saturated rings. The van der Waals surface area contributed by atoms with Crippen LogP contribution in [-0.4, -0.2) is 17.0 Å². The van der Waals surface area contributed by atoms with Crippen LogP contribution in [0.3, 0.4) is 0 Å². The van der Waals surface area contributed by atoms with Gasteiger partial charge < -0.3 is 15.2 Å². The predicted molar refractivity (Wildman–Crippen MR) is 136 cm³/mol. The fraction of sp³-hybridized carbons (Fsp3) is 0.115. The molecule has 172 valence electrons. The molecule has 3 rings (SSSR count). The first kappa shape index (κ1) is 25.2. The second kappa shape index (κ2) is 11.6. The van der Waals surface area contributed by atoms with E-state index in [4.69, 9.17) is 9.84 Å². The first-order valence-corrected chi connectivity index (χ1v) is 11.8. The zero-order valence-electron chi connectivity index (χ0n) is 18.1. The van der Waals surface area contributed by atoms with Crippen LogP contribution >= 0.6 is 31.9 Å². The minimum atomic E-state index is -0.985. The van der Waals surface area contributed by atoms with Crippen LogP contribution in [0.2, 0.25) is 0 Å². The van der Waals surface area contributed by atoms with Crippen LogP contribution in [0.25, 0.3) is 6.08 Å². The fourth-order valence-corrected chi connectivity index (χ4v) is 4.57. The molecule has 0 saturated carbocycles. The fourth-order valence-electron chi connectivity index (χ4n) is 3.11. The van der Waals surface area contributed by atoms with Gasteiger partial charge in [0.2, 0.25) is 0 Å². The lowest BCUT2D eigenvalue weighted by Crippen LogP contribution is -2.27. The molecule has 3 aromatic rings. The molecule has 0 unspecified atom stereocenters. The van der Waals surface area contributed by atoms with Crippen LogP contribution in [0, 0.1) is 11.3 Å². The van der Waals surface area contributed by atoms with Gasteiger partial charge in [0.15, 0.2) is 0 Å². The molecule has 0 aliphatic carbocycles. The summed E-state index contributed by atoms with van der Waals surface area (Å²) in [4.78, 5) is 23.6. The minimum absolute atomic E-state index is 0.0197. The van der Waals surface area contributed by atoms with Crippen LogP contribution in [0.4, 0.5) is 0 Å². The van der Waals surface area contributed by atoms with E-state index < -0.39 is 11.9 Å². The predicted octanol–water partition coefficient (Wildman–Crippen LogP) is 6.27. The van der Waals surface area contributed by atoms with E-state index in [1.54, 1.807) is 24.3 Å². The largest absolute Gasteiger partial charge is 0.487 e. The Balaban J connectivity index is 1.72. The maximum atomic E-state index is 12.6. The van der Waals surface area contributed by atoms with Gasteiger partial charge in [-0.25, -0.2) is 4.79 Å². The van der Waals surface area contributed by atoms with Crippen molar-refractivity contribution in [2.45, 2.75) is 19.6 Å². The molecule has 0 saturated heterocycles. The SMILES string of the molecule is C[C@H](NC(=O)/C(C#N)=C\c1cc(Br)c(OCc2ccc(C(=O)O)cc2)c(Br)c1)c1ccccc1. The van der Waals surface area contributed by atoms with Crippen LogP contribution < -0.4 is 10.1 Å². The number of nitriles is 1. The lowest BCUT2D eigenvalue weighted by molar-refractivity contribution is -0.117. The number of halogens is 2. The summed E-state index contributed by atoms with van der Waals surface area (Å²) >= 11 is 6.95. The van der Waals surface area contributed by atoms with Crippen molar-refractivity contribution in [1.82, 2.24) is 5.32 Å². The zero-order valence-corrected chi connectivity index (χ0v) is 21.3. The maximum Gasteiger partial charge on any atom is 0.335 e. The number of carboxylic acids is 1. The molecule has 0 heterocycles. The number of carboxylic acid groups (broad SMARTS) is 1. The van der Waals surface area contributed by atoms with E-state index >= 15 is 0 Å². The number of hydrogen-bond donors (Lipinski definition) is 2. The van der Waals surface area contributed by atoms with Crippen LogP contribution in [-0.2, 0) is 11.4 Å². The molecule has 0 bridgehead atoms. The van der Waals surface area contributed by atoms with E-state index in [9.17, 15) is 14.9 Å². The Kier molecular flexibility index (Phi) is 8.63.